The minimum atomic E-state index is -1.19. The van der Waals surface area contributed by atoms with E-state index in [9.17, 15) is 22.8 Å². The normalized spacial score (nSPS) is 11.2. The number of nitrogens with zero attached hydrogens (tertiary/aromatic N) is 9. The molecule has 23 heteroatoms. The van der Waals surface area contributed by atoms with E-state index in [-0.39, 0.29) is 108 Å². The first kappa shape index (κ1) is 96.9. The van der Waals surface area contributed by atoms with Crippen molar-refractivity contribution in [2.75, 3.05) is 0 Å². The minimum absolute atomic E-state index is 0. The monoisotopic (exact) mass is 2320 g/mol. The van der Waals surface area contributed by atoms with Crippen LogP contribution in [-0.4, -0.2) is 73.5 Å². The second-order valence-electron chi connectivity index (χ2n) is 28.7. The van der Waals surface area contributed by atoms with Gasteiger partial charge >= 0.3 is 63.2 Å². The Labute approximate surface area is 741 Å². The maximum atomic E-state index is 14.2. The van der Waals surface area contributed by atoms with E-state index in [1.54, 1.807) is 92.8 Å². The third kappa shape index (κ3) is 28.3. The predicted octanol–water partition coefficient (Wildman–Crippen LogP) is 21.4. The summed E-state index contributed by atoms with van der Waals surface area (Å²) in [6, 6.07) is 89.5. The van der Waals surface area contributed by atoms with E-state index in [2.05, 4.69) is 144 Å². The second-order valence-corrected chi connectivity index (χ2v) is 41.6. The Bertz CT molecular complexity index is 5120. The first-order valence-corrected chi connectivity index (χ1v) is 44.2. The zero-order valence-corrected chi connectivity index (χ0v) is 77.7. The van der Waals surface area contributed by atoms with E-state index >= 15 is 0 Å². The quantitative estimate of drug-likeness (QED) is 0.0575. The Morgan fingerprint density at radius 1 is 0.443 bits per heavy atom. The molecule has 0 spiro atoms. The molecule has 2 N–H and O–H groups in total. The number of aliphatic hydroxyl groups is 2. The fraction of sp³-hybridized carbons (Fsp3) is 0.185. The average molecular weight is 2320 g/mol. The van der Waals surface area contributed by atoms with Crippen molar-refractivity contribution in [3.8, 4) is 83.5 Å². The van der Waals surface area contributed by atoms with Gasteiger partial charge in [-0.05, 0) is 136 Å². The van der Waals surface area contributed by atoms with Crippen LogP contribution in [0.4, 0.5) is 23.2 Å². The maximum Gasteiger partial charge on any atom is 2.00 e. The molecule has 0 saturated heterocycles. The number of hydrogen-bond donors (Lipinski definition) is 2. The topological polar surface area (TPSA) is 159 Å². The van der Waals surface area contributed by atoms with E-state index in [0.717, 1.165) is 90.6 Å². The first-order valence-electron chi connectivity index (χ1n) is 35.6. The zero-order valence-electron chi connectivity index (χ0n) is 65.0. The first-order chi connectivity index (χ1) is 53.0. The van der Waals surface area contributed by atoms with E-state index in [4.69, 9.17) is 26.8 Å². The van der Waals surface area contributed by atoms with Gasteiger partial charge in [-0.2, -0.15) is 35.6 Å². The van der Waals surface area contributed by atoms with Crippen molar-refractivity contribution < 1.29 is 112 Å². The molecule has 0 aliphatic heterocycles. The molecule has 5 aromatic carbocycles. The molecule has 115 heavy (non-hydrogen) atoms. The smallest absolute Gasteiger partial charge is 0.393 e. The van der Waals surface area contributed by atoms with E-state index < -0.39 is 50.2 Å². The van der Waals surface area contributed by atoms with Crippen molar-refractivity contribution in [1.29, 1.82) is 5.26 Å². The van der Waals surface area contributed by atoms with Gasteiger partial charge in [0.05, 0.1) is 24.8 Å². The van der Waals surface area contributed by atoms with Crippen LogP contribution in [0.5, 0.6) is 0 Å². The van der Waals surface area contributed by atoms with Crippen LogP contribution < -0.4 is 9.00 Å². The fourth-order valence-electron chi connectivity index (χ4n) is 10.8. The molecule has 0 amide bonds. The molecule has 0 radical (unpaired) electrons. The van der Waals surface area contributed by atoms with E-state index in [1.807, 2.05) is 164 Å². The van der Waals surface area contributed by atoms with Gasteiger partial charge in [0.25, 0.3) is 0 Å². The molecule has 2 unspecified atom stereocenters. The van der Waals surface area contributed by atoms with Crippen molar-refractivity contribution in [1.82, 2.24) is 34.9 Å². The number of pyridine rings is 7. The molecule has 0 saturated carbocycles. The average Bonchev–Trinajstić information content (AvgIpc) is 1.57. The van der Waals surface area contributed by atoms with Crippen LogP contribution in [0.2, 0.25) is 39.3 Å². The summed E-state index contributed by atoms with van der Waals surface area (Å²) in [5, 5.41) is 26.3. The van der Waals surface area contributed by atoms with E-state index in [0.29, 0.717) is 40.4 Å². The number of rotatable bonds is 15. The molecule has 14 aromatic rings. The zero-order chi connectivity index (χ0) is 79.9. The molecule has 14 rings (SSSR count). The molecule has 0 aliphatic rings. The molecular weight excluding hydrogens is 2240 g/mol. The van der Waals surface area contributed by atoms with Gasteiger partial charge in [-0.3, -0.25) is 22.4 Å². The Hall–Kier alpha value is -8.64. The van der Waals surface area contributed by atoms with Gasteiger partial charge in [-0.25, -0.2) is 22.7 Å². The van der Waals surface area contributed by atoms with Crippen LogP contribution in [0.25, 0.3) is 82.3 Å². The van der Waals surface area contributed by atoms with Crippen LogP contribution >= 0.6 is 22.7 Å². The summed E-state index contributed by atoms with van der Waals surface area (Å²) in [6.07, 6.45) is 5.17. The Morgan fingerprint density at radius 2 is 0.817 bits per heavy atom. The number of halogens is 4. The summed E-state index contributed by atoms with van der Waals surface area (Å²) in [5.41, 5.74) is 10.7. The third-order valence-electron chi connectivity index (χ3n) is 16.9. The molecular formula is C92H82F4N9O2Pt4S2Si2-. The Kier molecular flexibility index (Phi) is 38.6. The molecule has 9 aromatic heterocycles. The standard InChI is InChI=1S/C27H18N4.C25H16F4N2.2C12H14NSSi.C11H8N.C5H12O2.4Pt/c1-27(2,25-14-6-12-23(30-25)20-9-4-8-19(16-20)18-28)26-15-7-13-24(31-26)21-10-5-11-22(17-21)29-3;1-25(2,23-7-3-5-21(30-23)17-11-9-15(26)13-19(17)28)24-8-4-6-22(31-24)18-12-10-16(27)14-20(18)29;2*1-15(2,3)12-8-7-11(14-12)10-6-4-5-9-13-10;1-2-6-10(7-3-1)11-8-4-5-9-12-11;1-4(6)3-5(2)7;;;;/h4-8,11-17H,1-2H3;3-10,13-14H,1-2H3;2*4-6,8-9H,1-3H3;1-6,8-9H;4-7H,3H2,1-2H3;;;;/q2*-2;3*-1;;;3*+2. The second kappa shape index (κ2) is 45.8. The van der Waals surface area contributed by atoms with Crippen LogP contribution in [0, 0.1) is 83.6 Å². The summed E-state index contributed by atoms with van der Waals surface area (Å²) < 4.78 is 57.9. The molecule has 9 heterocycles. The van der Waals surface area contributed by atoms with Crippen LogP contribution in [0.1, 0.15) is 76.3 Å². The minimum Gasteiger partial charge on any atom is -0.393 e. The van der Waals surface area contributed by atoms with Gasteiger partial charge in [0.1, 0.15) is 5.69 Å². The van der Waals surface area contributed by atoms with Crippen molar-refractivity contribution in [2.45, 2.75) is 110 Å². The van der Waals surface area contributed by atoms with Crippen LogP contribution in [0.15, 0.2) is 243 Å². The van der Waals surface area contributed by atoms with Gasteiger partial charge < -0.3 is 45.1 Å². The van der Waals surface area contributed by atoms with Gasteiger partial charge in [-0.15, -0.1) is 114 Å². The number of hydrogen-bond acceptors (Lipinski definition) is 12. The Balaban J connectivity index is 0.000000260. The maximum absolute atomic E-state index is 14.2. The third-order valence-corrected chi connectivity index (χ3v) is 26.2. The van der Waals surface area contributed by atoms with Crippen LogP contribution in [0.3, 0.4) is 0 Å². The van der Waals surface area contributed by atoms with E-state index in [1.165, 1.54) is 9.00 Å². The molecule has 596 valence electrons. The van der Waals surface area contributed by atoms with Gasteiger partial charge in [-0.1, -0.05) is 166 Å². The Morgan fingerprint density at radius 3 is 1.17 bits per heavy atom. The largest absolute Gasteiger partial charge is 2.00 e. The molecule has 0 fully saturated rings. The number of aromatic nitrogens is 7. The van der Waals surface area contributed by atoms with Crippen molar-refractivity contribution in [3.63, 3.8) is 0 Å². The van der Waals surface area contributed by atoms with Crippen molar-refractivity contribution in [3.05, 3.63) is 349 Å². The number of nitriles is 1. The summed E-state index contributed by atoms with van der Waals surface area (Å²) in [5.74, 6) is -2.96. The number of thiophene rings is 2. The molecule has 0 aliphatic carbocycles. The van der Waals surface area contributed by atoms with Gasteiger partial charge in [0.2, 0.25) is 0 Å². The van der Waals surface area contributed by atoms with Crippen LogP contribution in [-0.2, 0) is 95.1 Å². The summed E-state index contributed by atoms with van der Waals surface area (Å²) >= 11 is 3.67. The SMILES string of the molecule is CC(C)(c1cccc(-c2[c-]cc(F)cc2F)n1)c1cccc(-c2[c-]cc(F)cc2F)n1.CC(O)CC(C)O.C[Si](C)(C)c1c[c-]c(-c2ccccn2)s1.C[Si](C)(C)c1c[c-]c(-c2ccccn2)s1.[C-]#[N+]c1cc[c-]c(-c2cccc(C(C)(C)c3cccc(-c4[c-]ccc(C#N)c4)n3)n2)c1.[Pt+2].[Pt+2].[Pt+2].[Pt].[c-]1ccccc1-c1ccccn1. The molecule has 2 atom stereocenters. The number of benzene rings is 5. The summed E-state index contributed by atoms with van der Waals surface area (Å²) in [6.45, 7) is 32.6. The molecule has 11 nitrogen and oxygen atoms in total. The van der Waals surface area contributed by atoms with Gasteiger partial charge in [0, 0.05) is 113 Å². The fourth-order valence-corrected chi connectivity index (χ4v) is 16.2. The number of aliphatic hydroxyl groups excluding tert-OH is 2. The van der Waals surface area contributed by atoms with Crippen molar-refractivity contribution in [2.24, 2.45) is 0 Å². The van der Waals surface area contributed by atoms with Crippen molar-refractivity contribution >= 4 is 53.5 Å². The predicted molar refractivity (Wildman–Crippen MR) is 444 cm³/mol. The summed E-state index contributed by atoms with van der Waals surface area (Å²) in [4.78, 5) is 37.5. The molecule has 0 bridgehead atoms. The van der Waals surface area contributed by atoms with Gasteiger partial charge in [0.15, 0.2) is 0 Å². The summed E-state index contributed by atoms with van der Waals surface area (Å²) in [7, 11) is -2.37.